The van der Waals surface area contributed by atoms with E-state index in [-0.39, 0.29) is 5.91 Å². The molecule has 1 aliphatic heterocycles. The molecule has 1 amide bonds. The first-order valence-electron chi connectivity index (χ1n) is 7.98. The molecule has 7 heteroatoms. The van der Waals surface area contributed by atoms with Crippen LogP contribution in [0.25, 0.3) is 17.0 Å². The predicted octanol–water partition coefficient (Wildman–Crippen LogP) is 3.63. The lowest BCUT2D eigenvalue weighted by Gasteiger charge is -2.22. The number of benzene rings is 1. The molecule has 1 aromatic heterocycles. The quantitative estimate of drug-likeness (QED) is 0.640. The topological polar surface area (TPSA) is 62.5 Å². The minimum atomic E-state index is -1.02. The van der Waals surface area contributed by atoms with Crippen LogP contribution in [0.3, 0.4) is 0 Å². The average Bonchev–Trinajstić information content (AvgIpc) is 3.03. The zero-order valence-electron chi connectivity index (χ0n) is 13.9. The Kier molecular flexibility index (Phi) is 4.96. The van der Waals surface area contributed by atoms with Gasteiger partial charge in [-0.1, -0.05) is 55.5 Å². The van der Waals surface area contributed by atoms with E-state index in [9.17, 15) is 14.7 Å². The zero-order valence-corrected chi connectivity index (χ0v) is 15.6. The normalized spacial score (nSPS) is 17.7. The summed E-state index contributed by atoms with van der Waals surface area (Å²) in [7, 11) is 1.95. The molecule has 1 saturated heterocycles. The number of carbonyl (C=O) groups excluding carboxylic acids is 1. The smallest absolute Gasteiger partial charge is 0.326 e. The van der Waals surface area contributed by atoms with Crippen LogP contribution in [0.1, 0.15) is 25.3 Å². The van der Waals surface area contributed by atoms with E-state index in [0.717, 1.165) is 28.2 Å². The second-order valence-electron chi connectivity index (χ2n) is 5.91. The fraction of sp³-hybridized carbons (Fsp3) is 0.278. The first kappa shape index (κ1) is 17.7. The van der Waals surface area contributed by atoms with E-state index in [1.54, 1.807) is 6.08 Å². The van der Waals surface area contributed by atoms with E-state index in [1.165, 1.54) is 4.90 Å². The molecule has 1 aromatic carbocycles. The van der Waals surface area contributed by atoms with Crippen molar-refractivity contribution in [3.05, 3.63) is 40.9 Å². The standard InChI is InChI=1S/C18H18N2O3S2/c1-3-6-14(17(22)23)20-16(21)15(25-18(20)24)9-11-10-19(2)13-8-5-4-7-12(11)13/h4-5,7-10,14H,3,6H2,1-2H3,(H,22,23)/b15-9+/t14-/m1/s1. The van der Waals surface area contributed by atoms with E-state index in [1.807, 2.05) is 49.0 Å². The Balaban J connectivity index is 1.98. The van der Waals surface area contributed by atoms with E-state index in [2.05, 4.69) is 0 Å². The number of aliphatic carboxylic acids is 1. The van der Waals surface area contributed by atoms with Crippen LogP contribution in [0, 0.1) is 0 Å². The number of hydrogen-bond donors (Lipinski definition) is 1. The number of rotatable bonds is 5. The van der Waals surface area contributed by atoms with Gasteiger partial charge in [0.25, 0.3) is 5.91 Å². The number of hydrogen-bond acceptors (Lipinski definition) is 4. The number of nitrogens with zero attached hydrogens (tertiary/aromatic N) is 2. The number of carboxylic acids is 1. The Hall–Kier alpha value is -2.12. The minimum Gasteiger partial charge on any atom is -0.480 e. The second-order valence-corrected chi connectivity index (χ2v) is 7.58. The van der Waals surface area contributed by atoms with Gasteiger partial charge in [-0.25, -0.2) is 4.79 Å². The molecular weight excluding hydrogens is 356 g/mol. The van der Waals surface area contributed by atoms with Gasteiger partial charge in [0.2, 0.25) is 0 Å². The highest BCUT2D eigenvalue weighted by molar-refractivity contribution is 8.26. The summed E-state index contributed by atoms with van der Waals surface area (Å²) in [6.07, 6.45) is 4.80. The van der Waals surface area contributed by atoms with Gasteiger partial charge in [-0.15, -0.1) is 0 Å². The SMILES string of the molecule is CCC[C@H](C(=O)O)N1C(=O)/C(=C\c2cn(C)c3ccccc23)SC1=S. The van der Waals surface area contributed by atoms with Crippen molar-refractivity contribution in [1.82, 2.24) is 9.47 Å². The monoisotopic (exact) mass is 374 g/mol. The summed E-state index contributed by atoms with van der Waals surface area (Å²) in [6, 6.07) is 7.02. The van der Waals surface area contributed by atoms with Gasteiger partial charge in [-0.2, -0.15) is 0 Å². The van der Waals surface area contributed by atoms with Crippen LogP contribution in [0.4, 0.5) is 0 Å². The molecule has 0 radical (unpaired) electrons. The molecule has 3 rings (SSSR count). The molecule has 130 valence electrons. The van der Waals surface area contributed by atoms with Crippen molar-refractivity contribution in [3.8, 4) is 0 Å². The number of amides is 1. The number of carbonyl (C=O) groups is 2. The van der Waals surface area contributed by atoms with E-state index in [4.69, 9.17) is 12.2 Å². The number of aromatic nitrogens is 1. The van der Waals surface area contributed by atoms with Crippen molar-refractivity contribution in [2.24, 2.45) is 7.05 Å². The highest BCUT2D eigenvalue weighted by Crippen LogP contribution is 2.36. The van der Waals surface area contributed by atoms with E-state index >= 15 is 0 Å². The molecule has 1 aliphatic rings. The number of thioether (sulfide) groups is 1. The molecule has 1 N–H and O–H groups in total. The van der Waals surface area contributed by atoms with Crippen LogP contribution in [0.2, 0.25) is 0 Å². The first-order chi connectivity index (χ1) is 11.9. The highest BCUT2D eigenvalue weighted by Gasteiger charge is 2.40. The van der Waals surface area contributed by atoms with Crippen LogP contribution in [-0.2, 0) is 16.6 Å². The molecule has 0 aliphatic carbocycles. The number of thiocarbonyl (C=S) groups is 1. The molecule has 2 aromatic rings. The van der Waals surface area contributed by atoms with Gasteiger partial charge in [0.05, 0.1) is 4.91 Å². The fourth-order valence-electron chi connectivity index (χ4n) is 3.01. The molecule has 0 saturated carbocycles. The summed E-state index contributed by atoms with van der Waals surface area (Å²) >= 11 is 6.44. The fourth-order valence-corrected chi connectivity index (χ4v) is 4.36. The number of aryl methyl sites for hydroxylation is 1. The number of para-hydroxylation sites is 1. The maximum Gasteiger partial charge on any atom is 0.326 e. The van der Waals surface area contributed by atoms with Crippen LogP contribution in [0.5, 0.6) is 0 Å². The van der Waals surface area contributed by atoms with E-state index in [0.29, 0.717) is 22.1 Å². The van der Waals surface area contributed by atoms with Crippen molar-refractivity contribution in [1.29, 1.82) is 0 Å². The molecule has 0 unspecified atom stereocenters. The van der Waals surface area contributed by atoms with Crippen LogP contribution in [-0.4, -0.2) is 36.8 Å². The minimum absolute atomic E-state index is 0.303. The van der Waals surface area contributed by atoms with Gasteiger partial charge >= 0.3 is 5.97 Å². The lowest BCUT2D eigenvalue weighted by molar-refractivity contribution is -0.145. The summed E-state index contributed by atoms with van der Waals surface area (Å²) in [5.41, 5.74) is 1.99. The van der Waals surface area contributed by atoms with Crippen molar-refractivity contribution >= 4 is 57.2 Å². The number of fused-ring (bicyclic) bond motifs is 1. The Morgan fingerprint density at radius 1 is 1.40 bits per heavy atom. The summed E-state index contributed by atoms with van der Waals surface area (Å²) in [6.45, 7) is 1.89. The molecule has 1 atom stereocenters. The summed E-state index contributed by atoms with van der Waals surface area (Å²) < 4.78 is 2.30. The first-order valence-corrected chi connectivity index (χ1v) is 9.20. The average molecular weight is 374 g/mol. The van der Waals surface area contributed by atoms with Gasteiger partial charge in [0, 0.05) is 29.7 Å². The van der Waals surface area contributed by atoms with Gasteiger partial charge in [0.1, 0.15) is 10.4 Å². The molecule has 0 bridgehead atoms. The van der Waals surface area contributed by atoms with Crippen molar-refractivity contribution in [2.45, 2.75) is 25.8 Å². The Morgan fingerprint density at radius 2 is 2.12 bits per heavy atom. The Labute approximate surface area is 155 Å². The maximum atomic E-state index is 12.8. The highest BCUT2D eigenvalue weighted by atomic mass is 32.2. The third-order valence-corrected chi connectivity index (χ3v) is 5.53. The third-order valence-electron chi connectivity index (χ3n) is 4.20. The van der Waals surface area contributed by atoms with Crippen molar-refractivity contribution < 1.29 is 14.7 Å². The molecular formula is C18H18N2O3S2. The van der Waals surface area contributed by atoms with Crippen molar-refractivity contribution in [2.75, 3.05) is 0 Å². The Morgan fingerprint density at radius 3 is 2.80 bits per heavy atom. The maximum absolute atomic E-state index is 12.8. The van der Waals surface area contributed by atoms with Gasteiger partial charge in [-0.3, -0.25) is 9.69 Å². The third kappa shape index (κ3) is 3.21. The largest absolute Gasteiger partial charge is 0.480 e. The summed E-state index contributed by atoms with van der Waals surface area (Å²) in [5, 5.41) is 10.5. The molecule has 25 heavy (non-hydrogen) atoms. The van der Waals surface area contributed by atoms with Gasteiger partial charge in [-0.05, 0) is 18.6 Å². The second kappa shape index (κ2) is 7.01. The molecule has 0 spiro atoms. The summed E-state index contributed by atoms with van der Waals surface area (Å²) in [5.74, 6) is -1.35. The zero-order chi connectivity index (χ0) is 18.1. The lowest BCUT2D eigenvalue weighted by atomic mass is 10.1. The van der Waals surface area contributed by atoms with Crippen LogP contribution < -0.4 is 0 Å². The molecule has 1 fully saturated rings. The van der Waals surface area contributed by atoms with Crippen molar-refractivity contribution in [3.63, 3.8) is 0 Å². The number of carboxylic acid groups (broad SMARTS) is 1. The van der Waals surface area contributed by atoms with Gasteiger partial charge in [0.15, 0.2) is 0 Å². The van der Waals surface area contributed by atoms with Gasteiger partial charge < -0.3 is 9.67 Å². The van der Waals surface area contributed by atoms with Crippen LogP contribution in [0.15, 0.2) is 35.4 Å². The molecule has 5 nitrogen and oxygen atoms in total. The summed E-state index contributed by atoms with van der Waals surface area (Å²) in [4.78, 5) is 26.0. The lowest BCUT2D eigenvalue weighted by Crippen LogP contribution is -2.43. The van der Waals surface area contributed by atoms with E-state index < -0.39 is 12.0 Å². The Bertz CT molecular complexity index is 901. The van der Waals surface area contributed by atoms with Crippen LogP contribution >= 0.6 is 24.0 Å². The molecule has 2 heterocycles. The predicted molar refractivity (Wildman–Crippen MR) is 104 cm³/mol.